The fourth-order valence-corrected chi connectivity index (χ4v) is 1.40. The fraction of sp³-hybridized carbons (Fsp3) is 0.222. The van der Waals surface area contributed by atoms with Gasteiger partial charge in [-0.05, 0) is 12.1 Å². The average Bonchev–Trinajstić information content (AvgIpc) is 2.47. The summed E-state index contributed by atoms with van der Waals surface area (Å²) in [4.78, 5) is 10.9. The summed E-state index contributed by atoms with van der Waals surface area (Å²) in [6, 6.07) is 3.14. The third-order valence-corrected chi connectivity index (χ3v) is 2.04. The number of methoxy groups -OCH3 is 1. The number of carbonyl (C=O) groups is 1. The van der Waals surface area contributed by atoms with Gasteiger partial charge in [0.05, 0.1) is 13.5 Å². The van der Waals surface area contributed by atoms with Crippen LogP contribution in [0.2, 0.25) is 0 Å². The maximum Gasteiger partial charge on any atom is 0.228 e. The van der Waals surface area contributed by atoms with Crippen molar-refractivity contribution in [3.05, 3.63) is 23.5 Å². The number of nitrogens with one attached hydrogen (secondary N) is 1. The Labute approximate surface area is 74.5 Å². The molecule has 1 N–H and O–H groups in total. The Kier molecular flexibility index (Phi) is 1.69. The van der Waals surface area contributed by atoms with Crippen molar-refractivity contribution >= 4 is 11.6 Å². The third-order valence-electron chi connectivity index (χ3n) is 2.04. The van der Waals surface area contributed by atoms with E-state index in [2.05, 4.69) is 5.32 Å². The van der Waals surface area contributed by atoms with Crippen LogP contribution in [0.1, 0.15) is 5.56 Å². The zero-order chi connectivity index (χ0) is 9.42. The Balaban J connectivity index is 2.54. The summed E-state index contributed by atoms with van der Waals surface area (Å²) < 4.78 is 18.2. The second-order valence-corrected chi connectivity index (χ2v) is 2.83. The molecule has 0 spiro atoms. The molecule has 4 heteroatoms. The van der Waals surface area contributed by atoms with E-state index in [9.17, 15) is 9.18 Å². The minimum Gasteiger partial charge on any atom is -0.494 e. The minimum atomic E-state index is -0.446. The van der Waals surface area contributed by atoms with Gasteiger partial charge < -0.3 is 10.1 Å². The summed E-state index contributed by atoms with van der Waals surface area (Å²) in [5, 5.41) is 2.56. The molecule has 1 aromatic carbocycles. The normalized spacial score (nSPS) is 13.8. The van der Waals surface area contributed by atoms with E-state index in [-0.39, 0.29) is 18.1 Å². The zero-order valence-electron chi connectivity index (χ0n) is 7.06. The topological polar surface area (TPSA) is 38.3 Å². The summed E-state index contributed by atoms with van der Waals surface area (Å²) in [5.41, 5.74) is 0.938. The average molecular weight is 181 g/mol. The lowest BCUT2D eigenvalue weighted by Gasteiger charge is -2.04. The summed E-state index contributed by atoms with van der Waals surface area (Å²) in [5.74, 6) is -0.448. The SMILES string of the molecule is COc1ccc2c(c1F)CC(=O)N2. The molecule has 13 heavy (non-hydrogen) atoms. The van der Waals surface area contributed by atoms with E-state index >= 15 is 0 Å². The van der Waals surface area contributed by atoms with Crippen molar-refractivity contribution in [1.29, 1.82) is 0 Å². The van der Waals surface area contributed by atoms with Crippen molar-refractivity contribution in [2.75, 3.05) is 12.4 Å². The van der Waals surface area contributed by atoms with E-state index in [1.165, 1.54) is 13.2 Å². The number of carbonyl (C=O) groups excluding carboxylic acids is 1. The Hall–Kier alpha value is -1.58. The zero-order valence-corrected chi connectivity index (χ0v) is 7.06. The molecule has 0 saturated heterocycles. The van der Waals surface area contributed by atoms with Crippen LogP contribution >= 0.6 is 0 Å². The lowest BCUT2D eigenvalue weighted by molar-refractivity contribution is -0.115. The molecule has 0 saturated carbocycles. The Morgan fingerprint density at radius 1 is 1.54 bits per heavy atom. The lowest BCUT2D eigenvalue weighted by atomic mass is 10.1. The summed E-state index contributed by atoms with van der Waals surface area (Å²) in [6.45, 7) is 0. The van der Waals surface area contributed by atoms with Crippen LogP contribution in [0.5, 0.6) is 5.75 Å². The van der Waals surface area contributed by atoms with Gasteiger partial charge in [-0.15, -0.1) is 0 Å². The quantitative estimate of drug-likeness (QED) is 0.709. The first-order chi connectivity index (χ1) is 6.22. The summed E-state index contributed by atoms with van der Waals surface area (Å²) in [7, 11) is 1.40. The van der Waals surface area contributed by atoms with Gasteiger partial charge in [0.1, 0.15) is 0 Å². The molecular formula is C9H8FNO2. The molecule has 1 aliphatic rings. The number of halogens is 1. The van der Waals surface area contributed by atoms with E-state index in [0.29, 0.717) is 11.3 Å². The van der Waals surface area contributed by atoms with E-state index in [4.69, 9.17) is 4.74 Å². The second-order valence-electron chi connectivity index (χ2n) is 2.83. The standard InChI is InChI=1S/C9H8FNO2/c1-13-7-3-2-6-5(9(7)10)4-8(12)11-6/h2-3H,4H2,1H3,(H,11,12). The first-order valence-corrected chi connectivity index (χ1v) is 3.87. The smallest absolute Gasteiger partial charge is 0.228 e. The maximum absolute atomic E-state index is 13.4. The van der Waals surface area contributed by atoms with Gasteiger partial charge in [0.2, 0.25) is 5.91 Å². The molecule has 1 aromatic rings. The molecule has 68 valence electrons. The molecular weight excluding hydrogens is 173 g/mol. The number of amides is 1. The van der Waals surface area contributed by atoms with Crippen LogP contribution in [0.3, 0.4) is 0 Å². The third kappa shape index (κ3) is 1.14. The van der Waals surface area contributed by atoms with E-state index in [1.807, 2.05) is 0 Å². The fourth-order valence-electron chi connectivity index (χ4n) is 1.40. The maximum atomic E-state index is 13.4. The van der Waals surface area contributed by atoms with Crippen LogP contribution in [0.4, 0.5) is 10.1 Å². The van der Waals surface area contributed by atoms with E-state index in [1.54, 1.807) is 6.07 Å². The molecule has 2 rings (SSSR count). The van der Waals surface area contributed by atoms with Gasteiger partial charge in [0.15, 0.2) is 11.6 Å². The van der Waals surface area contributed by atoms with E-state index in [0.717, 1.165) is 0 Å². The molecule has 1 aliphatic heterocycles. The van der Waals surface area contributed by atoms with Gasteiger partial charge in [0, 0.05) is 11.3 Å². The van der Waals surface area contributed by atoms with Gasteiger partial charge in [-0.25, -0.2) is 4.39 Å². The van der Waals surface area contributed by atoms with Crippen molar-refractivity contribution in [1.82, 2.24) is 0 Å². The van der Waals surface area contributed by atoms with Crippen molar-refractivity contribution < 1.29 is 13.9 Å². The number of rotatable bonds is 1. The number of hydrogen-bond acceptors (Lipinski definition) is 2. The molecule has 0 aliphatic carbocycles. The summed E-state index contributed by atoms with van der Waals surface area (Å²) in [6.07, 6.45) is 0.0956. The molecule has 3 nitrogen and oxygen atoms in total. The molecule has 0 fully saturated rings. The van der Waals surface area contributed by atoms with Crippen LogP contribution in [0, 0.1) is 5.82 Å². The highest BCUT2D eigenvalue weighted by Gasteiger charge is 2.23. The Bertz CT molecular complexity index is 376. The highest BCUT2D eigenvalue weighted by atomic mass is 19.1. The van der Waals surface area contributed by atoms with Crippen LogP contribution < -0.4 is 10.1 Å². The Morgan fingerprint density at radius 3 is 3.00 bits per heavy atom. The van der Waals surface area contributed by atoms with Crippen molar-refractivity contribution in [3.63, 3.8) is 0 Å². The first kappa shape index (κ1) is 8.04. The number of benzene rings is 1. The number of fused-ring (bicyclic) bond motifs is 1. The Morgan fingerprint density at radius 2 is 2.31 bits per heavy atom. The number of hydrogen-bond donors (Lipinski definition) is 1. The lowest BCUT2D eigenvalue weighted by Crippen LogP contribution is -2.03. The highest BCUT2D eigenvalue weighted by molar-refractivity contribution is 5.99. The molecule has 1 amide bonds. The first-order valence-electron chi connectivity index (χ1n) is 3.87. The van der Waals surface area contributed by atoms with Crippen LogP contribution in [0.15, 0.2) is 12.1 Å². The predicted molar refractivity (Wildman–Crippen MR) is 45.3 cm³/mol. The minimum absolute atomic E-state index is 0.0956. The number of ether oxygens (including phenoxy) is 1. The predicted octanol–water partition coefficient (Wildman–Crippen LogP) is 1.33. The monoisotopic (exact) mass is 181 g/mol. The highest BCUT2D eigenvalue weighted by Crippen LogP contribution is 2.31. The molecule has 0 unspecified atom stereocenters. The van der Waals surface area contributed by atoms with Gasteiger partial charge in [-0.3, -0.25) is 4.79 Å². The summed E-state index contributed by atoms with van der Waals surface area (Å²) >= 11 is 0. The van der Waals surface area contributed by atoms with Crippen LogP contribution in [0.25, 0.3) is 0 Å². The van der Waals surface area contributed by atoms with E-state index < -0.39 is 5.82 Å². The largest absolute Gasteiger partial charge is 0.494 e. The molecule has 0 bridgehead atoms. The number of anilines is 1. The van der Waals surface area contributed by atoms with Crippen molar-refractivity contribution in [3.8, 4) is 5.75 Å². The molecule has 1 heterocycles. The molecule has 0 aromatic heterocycles. The van der Waals surface area contributed by atoms with Gasteiger partial charge in [0.25, 0.3) is 0 Å². The van der Waals surface area contributed by atoms with Crippen LogP contribution in [-0.2, 0) is 11.2 Å². The van der Waals surface area contributed by atoms with Crippen molar-refractivity contribution in [2.45, 2.75) is 6.42 Å². The van der Waals surface area contributed by atoms with Crippen molar-refractivity contribution in [2.24, 2.45) is 0 Å². The molecule has 0 atom stereocenters. The van der Waals surface area contributed by atoms with Gasteiger partial charge >= 0.3 is 0 Å². The van der Waals surface area contributed by atoms with Crippen LogP contribution in [-0.4, -0.2) is 13.0 Å². The second kappa shape index (κ2) is 2.73. The molecule has 0 radical (unpaired) electrons. The van der Waals surface area contributed by atoms with Gasteiger partial charge in [-0.1, -0.05) is 0 Å². The van der Waals surface area contributed by atoms with Gasteiger partial charge in [-0.2, -0.15) is 0 Å².